The maximum absolute atomic E-state index is 12.2. The first-order valence-corrected chi connectivity index (χ1v) is 6.67. The van der Waals surface area contributed by atoms with Crippen LogP contribution in [0.1, 0.15) is 18.2 Å². The fourth-order valence-electron chi connectivity index (χ4n) is 2.48. The highest BCUT2D eigenvalue weighted by atomic mass is 16.1. The molecule has 0 saturated carbocycles. The molecule has 0 amide bonds. The highest BCUT2D eigenvalue weighted by Gasteiger charge is 2.20. The van der Waals surface area contributed by atoms with Gasteiger partial charge < -0.3 is 4.98 Å². The van der Waals surface area contributed by atoms with E-state index in [1.165, 1.54) is 0 Å². The van der Waals surface area contributed by atoms with Gasteiger partial charge in [0.15, 0.2) is 0 Å². The van der Waals surface area contributed by atoms with Gasteiger partial charge in [0, 0.05) is 25.1 Å². The molecule has 98 valence electrons. The fourth-order valence-corrected chi connectivity index (χ4v) is 2.48. The number of rotatable bonds is 2. The second-order valence-electron chi connectivity index (χ2n) is 4.82. The minimum Gasteiger partial charge on any atom is -0.306 e. The molecule has 1 N–H and O–H groups in total. The van der Waals surface area contributed by atoms with Crippen LogP contribution in [-0.4, -0.2) is 28.0 Å². The molecule has 0 aliphatic carbocycles. The second kappa shape index (κ2) is 4.97. The van der Waals surface area contributed by atoms with Gasteiger partial charge in [0.1, 0.15) is 5.82 Å². The van der Waals surface area contributed by atoms with Crippen LogP contribution in [0.4, 0.5) is 0 Å². The molecule has 0 spiro atoms. The van der Waals surface area contributed by atoms with Gasteiger partial charge >= 0.3 is 0 Å². The van der Waals surface area contributed by atoms with Gasteiger partial charge in [-0.1, -0.05) is 37.3 Å². The molecule has 1 aromatic heterocycles. The molecule has 1 aliphatic heterocycles. The SMILES string of the molecule is CCN1CCc2nc(-c3ccccc3)[nH]c(=O)c2C1. The Kier molecular flexibility index (Phi) is 3.17. The number of aromatic nitrogens is 2. The Morgan fingerprint density at radius 1 is 1.32 bits per heavy atom. The Balaban J connectivity index is 2.04. The van der Waals surface area contributed by atoms with E-state index in [9.17, 15) is 4.79 Å². The van der Waals surface area contributed by atoms with Crippen LogP contribution < -0.4 is 5.56 Å². The van der Waals surface area contributed by atoms with Crippen LogP contribution >= 0.6 is 0 Å². The van der Waals surface area contributed by atoms with Crippen LogP contribution in [0, 0.1) is 0 Å². The number of nitrogens with zero attached hydrogens (tertiary/aromatic N) is 2. The Morgan fingerprint density at radius 3 is 2.84 bits per heavy atom. The summed E-state index contributed by atoms with van der Waals surface area (Å²) in [6, 6.07) is 9.79. The topological polar surface area (TPSA) is 49.0 Å². The number of nitrogens with one attached hydrogen (secondary N) is 1. The van der Waals surface area contributed by atoms with E-state index in [1.54, 1.807) is 0 Å². The molecule has 0 fully saturated rings. The summed E-state index contributed by atoms with van der Waals surface area (Å²) in [5.74, 6) is 0.675. The molecular formula is C15H17N3O. The number of likely N-dealkylation sites (N-methyl/N-ethyl adjacent to an activating group) is 1. The number of aromatic amines is 1. The molecule has 4 nitrogen and oxygen atoms in total. The lowest BCUT2D eigenvalue weighted by molar-refractivity contribution is 0.264. The van der Waals surface area contributed by atoms with Crippen LogP contribution in [0.15, 0.2) is 35.1 Å². The number of fused-ring (bicyclic) bond motifs is 1. The van der Waals surface area contributed by atoms with Crippen LogP contribution in [0.25, 0.3) is 11.4 Å². The molecule has 1 aliphatic rings. The molecule has 0 unspecified atom stereocenters. The van der Waals surface area contributed by atoms with Crippen molar-refractivity contribution in [1.29, 1.82) is 0 Å². The van der Waals surface area contributed by atoms with Crippen molar-refractivity contribution >= 4 is 0 Å². The van der Waals surface area contributed by atoms with E-state index < -0.39 is 0 Å². The van der Waals surface area contributed by atoms with Crippen molar-refractivity contribution in [2.24, 2.45) is 0 Å². The predicted molar refractivity (Wildman–Crippen MR) is 74.9 cm³/mol. The lowest BCUT2D eigenvalue weighted by Gasteiger charge is -2.26. The summed E-state index contributed by atoms with van der Waals surface area (Å²) in [7, 11) is 0. The predicted octanol–water partition coefficient (Wildman–Crippen LogP) is 1.81. The van der Waals surface area contributed by atoms with Crippen molar-refractivity contribution in [2.75, 3.05) is 13.1 Å². The first kappa shape index (κ1) is 12.1. The largest absolute Gasteiger partial charge is 0.306 e. The number of hydrogen-bond donors (Lipinski definition) is 1. The summed E-state index contributed by atoms with van der Waals surface area (Å²) in [4.78, 5) is 22.0. The minimum absolute atomic E-state index is 0.00185. The van der Waals surface area contributed by atoms with Crippen LogP contribution in [0.2, 0.25) is 0 Å². The molecule has 2 heterocycles. The fraction of sp³-hybridized carbons (Fsp3) is 0.333. The van der Waals surface area contributed by atoms with Gasteiger partial charge in [0.25, 0.3) is 5.56 Å². The van der Waals surface area contributed by atoms with E-state index in [0.29, 0.717) is 12.4 Å². The first-order chi connectivity index (χ1) is 9.28. The molecule has 2 aromatic rings. The lowest BCUT2D eigenvalue weighted by atomic mass is 10.1. The lowest BCUT2D eigenvalue weighted by Crippen LogP contribution is -2.35. The normalized spacial score (nSPS) is 15.2. The number of benzene rings is 1. The Labute approximate surface area is 112 Å². The molecule has 4 heteroatoms. The van der Waals surface area contributed by atoms with Gasteiger partial charge in [0.2, 0.25) is 0 Å². The van der Waals surface area contributed by atoms with Crippen LogP contribution in [-0.2, 0) is 13.0 Å². The monoisotopic (exact) mass is 255 g/mol. The summed E-state index contributed by atoms with van der Waals surface area (Å²) < 4.78 is 0. The first-order valence-electron chi connectivity index (χ1n) is 6.67. The molecule has 0 radical (unpaired) electrons. The van der Waals surface area contributed by atoms with Crippen molar-refractivity contribution in [3.8, 4) is 11.4 Å². The molecule has 19 heavy (non-hydrogen) atoms. The Morgan fingerprint density at radius 2 is 2.11 bits per heavy atom. The van der Waals surface area contributed by atoms with Crippen molar-refractivity contribution < 1.29 is 0 Å². The van der Waals surface area contributed by atoms with E-state index in [-0.39, 0.29) is 5.56 Å². The van der Waals surface area contributed by atoms with Crippen molar-refractivity contribution in [3.05, 3.63) is 51.9 Å². The van der Waals surface area contributed by atoms with Crippen molar-refractivity contribution in [1.82, 2.24) is 14.9 Å². The highest BCUT2D eigenvalue weighted by molar-refractivity contribution is 5.54. The zero-order valence-corrected chi connectivity index (χ0v) is 11.0. The smallest absolute Gasteiger partial charge is 0.255 e. The summed E-state index contributed by atoms with van der Waals surface area (Å²) in [5.41, 5.74) is 2.74. The van der Waals surface area contributed by atoms with Crippen molar-refractivity contribution in [2.45, 2.75) is 19.9 Å². The molecule has 0 bridgehead atoms. The van der Waals surface area contributed by atoms with Gasteiger partial charge in [-0.2, -0.15) is 0 Å². The number of hydrogen-bond acceptors (Lipinski definition) is 3. The average molecular weight is 255 g/mol. The Bertz CT molecular complexity index is 634. The third-order valence-electron chi connectivity index (χ3n) is 3.64. The zero-order chi connectivity index (χ0) is 13.2. The summed E-state index contributed by atoms with van der Waals surface area (Å²) in [6.07, 6.45) is 0.854. The maximum atomic E-state index is 12.2. The minimum atomic E-state index is 0.00185. The van der Waals surface area contributed by atoms with E-state index >= 15 is 0 Å². The van der Waals surface area contributed by atoms with Crippen molar-refractivity contribution in [3.63, 3.8) is 0 Å². The Hall–Kier alpha value is -1.94. The van der Waals surface area contributed by atoms with E-state index in [1.807, 2.05) is 30.3 Å². The van der Waals surface area contributed by atoms with Gasteiger partial charge in [0.05, 0.1) is 11.3 Å². The molecular weight excluding hydrogens is 238 g/mol. The third-order valence-corrected chi connectivity index (χ3v) is 3.64. The molecule has 0 atom stereocenters. The molecule has 0 saturated heterocycles. The average Bonchev–Trinajstić information content (AvgIpc) is 2.48. The van der Waals surface area contributed by atoms with E-state index in [0.717, 1.165) is 36.3 Å². The second-order valence-corrected chi connectivity index (χ2v) is 4.82. The summed E-state index contributed by atoms with van der Waals surface area (Å²) in [5, 5.41) is 0. The van der Waals surface area contributed by atoms with Crippen LogP contribution in [0.5, 0.6) is 0 Å². The van der Waals surface area contributed by atoms with Gasteiger partial charge in [-0.3, -0.25) is 9.69 Å². The molecule has 3 rings (SSSR count). The zero-order valence-electron chi connectivity index (χ0n) is 11.0. The van der Waals surface area contributed by atoms with Gasteiger partial charge in [-0.25, -0.2) is 4.98 Å². The van der Waals surface area contributed by atoms with Gasteiger partial charge in [-0.05, 0) is 6.54 Å². The maximum Gasteiger partial charge on any atom is 0.255 e. The third kappa shape index (κ3) is 2.31. The van der Waals surface area contributed by atoms with E-state index in [4.69, 9.17) is 0 Å². The number of H-pyrrole nitrogens is 1. The summed E-state index contributed by atoms with van der Waals surface area (Å²) >= 11 is 0. The molecule has 1 aromatic carbocycles. The van der Waals surface area contributed by atoms with E-state index in [2.05, 4.69) is 21.8 Å². The van der Waals surface area contributed by atoms with Gasteiger partial charge in [-0.15, -0.1) is 0 Å². The van der Waals surface area contributed by atoms with Crippen LogP contribution in [0.3, 0.4) is 0 Å². The summed E-state index contributed by atoms with van der Waals surface area (Å²) in [6.45, 7) is 4.78. The highest BCUT2D eigenvalue weighted by Crippen LogP contribution is 2.18. The quantitative estimate of drug-likeness (QED) is 0.890. The standard InChI is InChI=1S/C15H17N3O/c1-2-18-9-8-13-12(10-18)15(19)17-14(16-13)11-6-4-3-5-7-11/h3-7H,2,8-10H2,1H3,(H,16,17,19).